The zero-order valence-electron chi connectivity index (χ0n) is 18.5. The predicted octanol–water partition coefficient (Wildman–Crippen LogP) is 6.35. The van der Waals surface area contributed by atoms with Crippen LogP contribution in [0.2, 0.25) is 0 Å². The molecule has 162 valence electrons. The molecule has 0 aliphatic heterocycles. The van der Waals surface area contributed by atoms with Crippen molar-refractivity contribution < 1.29 is 9.21 Å². The van der Waals surface area contributed by atoms with Crippen molar-refractivity contribution in [1.29, 1.82) is 0 Å². The van der Waals surface area contributed by atoms with Crippen LogP contribution in [0, 0.1) is 13.8 Å². The highest BCUT2D eigenvalue weighted by Crippen LogP contribution is 2.19. The zero-order chi connectivity index (χ0) is 22.3. The van der Waals surface area contributed by atoms with E-state index < -0.39 is 0 Å². The molecule has 4 nitrogen and oxygen atoms in total. The summed E-state index contributed by atoms with van der Waals surface area (Å²) in [5.41, 5.74) is 5.58. The first kappa shape index (κ1) is 21.6. The highest BCUT2D eigenvalue weighted by Gasteiger charge is 2.15. The smallest absolute Gasteiger partial charge is 0.291 e. The molecular formula is C28H28N2O2. The van der Waals surface area contributed by atoms with Crippen molar-refractivity contribution in [3.63, 3.8) is 0 Å². The Morgan fingerprint density at radius 3 is 1.97 bits per heavy atom. The largest absolute Gasteiger partial charge is 0.455 e. The molecule has 0 atom stereocenters. The van der Waals surface area contributed by atoms with E-state index in [1.807, 2.05) is 43.3 Å². The number of nitrogens with one attached hydrogen (secondary N) is 1. The fourth-order valence-corrected chi connectivity index (χ4v) is 3.67. The Kier molecular flexibility index (Phi) is 6.83. The number of rotatable bonds is 8. The first-order chi connectivity index (χ1) is 15.6. The van der Waals surface area contributed by atoms with Crippen molar-refractivity contribution in [2.24, 2.45) is 0 Å². The van der Waals surface area contributed by atoms with Gasteiger partial charge in [-0.1, -0.05) is 66.7 Å². The molecule has 1 aromatic heterocycles. The molecule has 4 aromatic rings. The Morgan fingerprint density at radius 2 is 1.38 bits per heavy atom. The van der Waals surface area contributed by atoms with Crippen molar-refractivity contribution in [3.8, 4) is 0 Å². The fourth-order valence-electron chi connectivity index (χ4n) is 3.67. The molecule has 1 N–H and O–H groups in total. The van der Waals surface area contributed by atoms with Gasteiger partial charge in [0.2, 0.25) is 0 Å². The van der Waals surface area contributed by atoms with Crippen LogP contribution in [0.25, 0.3) is 0 Å². The number of carbonyl (C=O) groups excluding carboxylic acids is 1. The maximum Gasteiger partial charge on any atom is 0.291 e. The molecule has 0 spiro atoms. The highest BCUT2D eigenvalue weighted by molar-refractivity contribution is 6.02. The van der Waals surface area contributed by atoms with E-state index in [0.29, 0.717) is 12.3 Å². The van der Waals surface area contributed by atoms with E-state index in [0.717, 1.165) is 30.1 Å². The van der Waals surface area contributed by atoms with Crippen LogP contribution in [0.1, 0.15) is 38.6 Å². The van der Waals surface area contributed by atoms with E-state index in [1.165, 1.54) is 16.7 Å². The van der Waals surface area contributed by atoms with Gasteiger partial charge >= 0.3 is 0 Å². The molecule has 1 amide bonds. The Morgan fingerprint density at radius 1 is 0.750 bits per heavy atom. The third-order valence-corrected chi connectivity index (χ3v) is 5.53. The molecule has 3 aromatic carbocycles. The number of nitrogens with zero attached hydrogens (tertiary/aromatic N) is 1. The lowest BCUT2D eigenvalue weighted by atomic mass is 10.1. The summed E-state index contributed by atoms with van der Waals surface area (Å²) < 4.78 is 5.92. The van der Waals surface area contributed by atoms with Crippen molar-refractivity contribution in [2.45, 2.75) is 33.5 Å². The van der Waals surface area contributed by atoms with Crippen molar-refractivity contribution in [3.05, 3.63) is 125 Å². The van der Waals surface area contributed by atoms with Gasteiger partial charge in [-0.15, -0.1) is 0 Å². The van der Waals surface area contributed by atoms with E-state index >= 15 is 0 Å². The second-order valence-electron chi connectivity index (χ2n) is 8.14. The molecule has 0 fully saturated rings. The Bertz CT molecular complexity index is 1130. The minimum absolute atomic E-state index is 0.239. The molecule has 0 saturated heterocycles. The highest BCUT2D eigenvalue weighted by atomic mass is 16.4. The standard InChI is InChI=1S/C28H28N2O2/c1-21-13-14-25(17-22(21)2)29-28(31)27-16-15-26(32-27)20-30(18-23-9-5-3-6-10-23)19-24-11-7-4-8-12-24/h3-17H,18-20H2,1-2H3,(H,29,31). The van der Waals surface area contributed by atoms with Crippen LogP contribution < -0.4 is 5.32 Å². The number of carbonyl (C=O) groups is 1. The quantitative estimate of drug-likeness (QED) is 0.358. The predicted molar refractivity (Wildman–Crippen MR) is 128 cm³/mol. The van der Waals surface area contributed by atoms with Gasteiger partial charge in [-0.05, 0) is 60.4 Å². The van der Waals surface area contributed by atoms with Gasteiger partial charge in [0.25, 0.3) is 5.91 Å². The van der Waals surface area contributed by atoms with E-state index in [2.05, 4.69) is 65.7 Å². The summed E-state index contributed by atoms with van der Waals surface area (Å²) in [5, 5.41) is 2.93. The van der Waals surface area contributed by atoms with Gasteiger partial charge in [-0.2, -0.15) is 0 Å². The Labute approximate surface area is 189 Å². The summed E-state index contributed by atoms with van der Waals surface area (Å²) in [5.74, 6) is 0.844. The second kappa shape index (κ2) is 10.1. The van der Waals surface area contributed by atoms with Crippen LogP contribution in [-0.4, -0.2) is 10.8 Å². The van der Waals surface area contributed by atoms with E-state index in [-0.39, 0.29) is 5.91 Å². The zero-order valence-corrected chi connectivity index (χ0v) is 18.5. The van der Waals surface area contributed by atoms with E-state index in [1.54, 1.807) is 6.07 Å². The second-order valence-corrected chi connectivity index (χ2v) is 8.14. The van der Waals surface area contributed by atoms with Crippen molar-refractivity contribution in [2.75, 3.05) is 5.32 Å². The van der Waals surface area contributed by atoms with Gasteiger partial charge < -0.3 is 9.73 Å². The van der Waals surface area contributed by atoms with Crippen LogP contribution in [0.3, 0.4) is 0 Å². The number of benzene rings is 3. The van der Waals surface area contributed by atoms with Gasteiger partial charge in [0, 0.05) is 18.8 Å². The number of hydrogen-bond donors (Lipinski definition) is 1. The lowest BCUT2D eigenvalue weighted by Gasteiger charge is -2.21. The third-order valence-electron chi connectivity index (χ3n) is 5.53. The molecule has 0 aliphatic carbocycles. The SMILES string of the molecule is Cc1ccc(NC(=O)c2ccc(CN(Cc3ccccc3)Cc3ccccc3)o2)cc1C. The van der Waals surface area contributed by atoms with Crippen LogP contribution in [-0.2, 0) is 19.6 Å². The monoisotopic (exact) mass is 424 g/mol. The lowest BCUT2D eigenvalue weighted by molar-refractivity contribution is 0.0992. The summed E-state index contributed by atoms with van der Waals surface area (Å²) >= 11 is 0. The fraction of sp³-hybridized carbons (Fsp3) is 0.179. The molecule has 0 unspecified atom stereocenters. The van der Waals surface area contributed by atoms with Gasteiger partial charge in [0.1, 0.15) is 5.76 Å². The summed E-state index contributed by atoms with van der Waals surface area (Å²) in [6.07, 6.45) is 0. The lowest BCUT2D eigenvalue weighted by Crippen LogP contribution is -2.22. The molecule has 0 aliphatic rings. The van der Waals surface area contributed by atoms with Crippen molar-refractivity contribution in [1.82, 2.24) is 4.90 Å². The summed E-state index contributed by atoms with van der Waals surface area (Å²) in [7, 11) is 0. The van der Waals surface area contributed by atoms with Gasteiger partial charge in [0.15, 0.2) is 5.76 Å². The van der Waals surface area contributed by atoms with Crippen LogP contribution >= 0.6 is 0 Å². The summed E-state index contributed by atoms with van der Waals surface area (Å²) in [6.45, 7) is 6.28. The number of hydrogen-bond acceptors (Lipinski definition) is 3. The first-order valence-electron chi connectivity index (χ1n) is 10.8. The molecular weight excluding hydrogens is 396 g/mol. The van der Waals surface area contributed by atoms with Crippen LogP contribution in [0.5, 0.6) is 0 Å². The van der Waals surface area contributed by atoms with Gasteiger partial charge in [0.05, 0.1) is 6.54 Å². The first-order valence-corrected chi connectivity index (χ1v) is 10.8. The molecule has 0 radical (unpaired) electrons. The van der Waals surface area contributed by atoms with Crippen LogP contribution in [0.4, 0.5) is 5.69 Å². The summed E-state index contributed by atoms with van der Waals surface area (Å²) in [4.78, 5) is 15.0. The van der Waals surface area contributed by atoms with Gasteiger partial charge in [-0.25, -0.2) is 0 Å². The Balaban J connectivity index is 1.46. The molecule has 4 rings (SSSR count). The minimum atomic E-state index is -0.239. The van der Waals surface area contributed by atoms with Crippen LogP contribution in [0.15, 0.2) is 95.4 Å². The van der Waals surface area contributed by atoms with E-state index in [4.69, 9.17) is 4.42 Å². The molecule has 4 heteroatoms. The topological polar surface area (TPSA) is 45.5 Å². The molecule has 0 bridgehead atoms. The van der Waals surface area contributed by atoms with Crippen molar-refractivity contribution >= 4 is 11.6 Å². The van der Waals surface area contributed by atoms with E-state index in [9.17, 15) is 4.79 Å². The molecule has 32 heavy (non-hydrogen) atoms. The number of aryl methyl sites for hydroxylation is 2. The average molecular weight is 425 g/mol. The normalized spacial score (nSPS) is 11.0. The molecule has 1 heterocycles. The number of furan rings is 1. The third kappa shape index (κ3) is 5.74. The maximum absolute atomic E-state index is 12.7. The van der Waals surface area contributed by atoms with Gasteiger partial charge in [-0.3, -0.25) is 9.69 Å². The molecule has 0 saturated carbocycles. The Hall–Kier alpha value is -3.63. The average Bonchev–Trinajstić information content (AvgIpc) is 3.26. The number of amides is 1. The number of anilines is 1. The summed E-state index contributed by atoms with van der Waals surface area (Å²) in [6, 6.07) is 30.3. The minimum Gasteiger partial charge on any atom is -0.455 e. The maximum atomic E-state index is 12.7.